The van der Waals surface area contributed by atoms with E-state index in [1.807, 2.05) is 6.20 Å². The second-order valence-electron chi connectivity index (χ2n) is 7.14. The molecule has 2 aliphatic rings. The molecule has 1 fully saturated rings. The average Bonchev–Trinajstić information content (AvgIpc) is 3.18. The molecule has 2 aromatic rings. The van der Waals surface area contributed by atoms with Gasteiger partial charge < -0.3 is 9.64 Å². The van der Waals surface area contributed by atoms with Crippen molar-refractivity contribution in [1.82, 2.24) is 19.2 Å². The largest absolute Gasteiger partial charge is 0.497 e. The molecule has 1 aromatic heterocycles. The van der Waals surface area contributed by atoms with Crippen LogP contribution in [0.25, 0.3) is 0 Å². The second kappa shape index (κ2) is 7.18. The fraction of sp³-hybridized carbons (Fsp3) is 0.474. The highest BCUT2D eigenvalue weighted by molar-refractivity contribution is 7.89. The van der Waals surface area contributed by atoms with Crippen LogP contribution in [0, 0.1) is 0 Å². The van der Waals surface area contributed by atoms with E-state index in [9.17, 15) is 8.42 Å². The van der Waals surface area contributed by atoms with Gasteiger partial charge in [-0.25, -0.2) is 18.4 Å². The molecule has 0 spiro atoms. The minimum Gasteiger partial charge on any atom is -0.497 e. The number of likely N-dealkylation sites (N-methyl/N-ethyl adjacent to an activating group) is 1. The van der Waals surface area contributed by atoms with E-state index in [0.29, 0.717) is 18.1 Å². The molecule has 0 N–H and O–H groups in total. The maximum absolute atomic E-state index is 13.2. The molecule has 0 saturated carbocycles. The zero-order valence-corrected chi connectivity index (χ0v) is 16.4. The first kappa shape index (κ1) is 18.3. The minimum atomic E-state index is -3.60. The first-order valence-corrected chi connectivity index (χ1v) is 10.6. The van der Waals surface area contributed by atoms with E-state index in [4.69, 9.17) is 9.72 Å². The summed E-state index contributed by atoms with van der Waals surface area (Å²) >= 11 is 0. The monoisotopic (exact) mass is 388 g/mol. The van der Waals surface area contributed by atoms with E-state index < -0.39 is 10.0 Å². The Hall–Kier alpha value is -2.03. The number of ether oxygens (including phenoxy) is 1. The third-order valence-electron chi connectivity index (χ3n) is 5.31. The molecule has 4 rings (SSSR count). The van der Waals surface area contributed by atoms with Gasteiger partial charge in [-0.15, -0.1) is 0 Å². The van der Waals surface area contributed by atoms with Crippen LogP contribution in [0.2, 0.25) is 0 Å². The highest BCUT2D eigenvalue weighted by atomic mass is 32.2. The molecule has 0 amide bonds. The van der Waals surface area contributed by atoms with Crippen LogP contribution < -0.4 is 4.74 Å². The summed E-state index contributed by atoms with van der Waals surface area (Å²) in [5.74, 6) is 1.25. The summed E-state index contributed by atoms with van der Waals surface area (Å²) in [5, 5.41) is 0. The van der Waals surface area contributed by atoms with Crippen molar-refractivity contribution in [3.8, 4) is 5.75 Å². The Kier molecular flexibility index (Phi) is 4.88. The SMILES string of the molecule is COc1ccc(S(=O)(=O)N2CCCC2c2ncc3c(n2)CCN(C)C3)cc1. The number of nitrogens with zero attached hydrogens (tertiary/aromatic N) is 4. The molecular weight excluding hydrogens is 364 g/mol. The maximum atomic E-state index is 13.2. The van der Waals surface area contributed by atoms with Gasteiger partial charge in [-0.1, -0.05) is 0 Å². The van der Waals surface area contributed by atoms with Gasteiger partial charge in [0.15, 0.2) is 0 Å². The zero-order chi connectivity index (χ0) is 19.0. The fourth-order valence-electron chi connectivity index (χ4n) is 3.80. The molecule has 7 nitrogen and oxygen atoms in total. The molecule has 2 aliphatic heterocycles. The zero-order valence-electron chi connectivity index (χ0n) is 15.6. The lowest BCUT2D eigenvalue weighted by Gasteiger charge is -2.26. The fourth-order valence-corrected chi connectivity index (χ4v) is 5.46. The Balaban J connectivity index is 1.64. The minimum absolute atomic E-state index is 0.273. The van der Waals surface area contributed by atoms with Crippen LogP contribution in [0.3, 0.4) is 0 Å². The number of hydrogen-bond acceptors (Lipinski definition) is 6. The van der Waals surface area contributed by atoms with E-state index in [2.05, 4.69) is 16.9 Å². The molecule has 1 unspecified atom stereocenters. The Morgan fingerprint density at radius 1 is 1.19 bits per heavy atom. The Morgan fingerprint density at radius 2 is 1.96 bits per heavy atom. The molecule has 0 aliphatic carbocycles. The third kappa shape index (κ3) is 3.44. The maximum Gasteiger partial charge on any atom is 0.243 e. The van der Waals surface area contributed by atoms with Gasteiger partial charge in [-0.3, -0.25) is 0 Å². The molecule has 144 valence electrons. The quantitative estimate of drug-likeness (QED) is 0.797. The second-order valence-corrected chi connectivity index (χ2v) is 9.03. The molecule has 1 saturated heterocycles. The standard InChI is InChI=1S/C19H24N4O3S/c1-22-11-9-17-14(13-22)12-20-19(21-17)18-4-3-10-23(18)27(24,25)16-7-5-15(26-2)6-8-16/h5-8,12,18H,3-4,9-11,13H2,1-2H3. The van der Waals surface area contributed by atoms with E-state index in [0.717, 1.165) is 43.6 Å². The van der Waals surface area contributed by atoms with Crippen molar-refractivity contribution < 1.29 is 13.2 Å². The molecule has 1 atom stereocenters. The van der Waals surface area contributed by atoms with E-state index in [1.54, 1.807) is 35.7 Å². The van der Waals surface area contributed by atoms with E-state index in [1.165, 1.54) is 0 Å². The number of methoxy groups -OCH3 is 1. The lowest BCUT2D eigenvalue weighted by atomic mass is 10.1. The summed E-state index contributed by atoms with van der Waals surface area (Å²) in [4.78, 5) is 11.8. The number of benzene rings is 1. The van der Waals surface area contributed by atoms with Crippen molar-refractivity contribution in [2.75, 3.05) is 27.2 Å². The summed E-state index contributed by atoms with van der Waals surface area (Å²) in [6, 6.07) is 6.22. The Labute approximate surface area is 160 Å². The van der Waals surface area contributed by atoms with Crippen LogP contribution in [-0.4, -0.2) is 54.8 Å². The first-order chi connectivity index (χ1) is 13.0. The van der Waals surface area contributed by atoms with Gasteiger partial charge in [0, 0.05) is 43.5 Å². The number of aromatic nitrogens is 2. The van der Waals surface area contributed by atoms with E-state index in [-0.39, 0.29) is 10.9 Å². The van der Waals surface area contributed by atoms with Crippen molar-refractivity contribution in [1.29, 1.82) is 0 Å². The van der Waals surface area contributed by atoms with Gasteiger partial charge in [-0.05, 0) is 44.2 Å². The van der Waals surface area contributed by atoms with Crippen molar-refractivity contribution in [2.45, 2.75) is 36.7 Å². The average molecular weight is 388 g/mol. The normalized spacial score (nSPS) is 21.2. The summed E-state index contributed by atoms with van der Waals surface area (Å²) in [5.41, 5.74) is 2.18. The van der Waals surface area contributed by atoms with Crippen molar-refractivity contribution >= 4 is 10.0 Å². The molecule has 0 bridgehead atoms. The van der Waals surface area contributed by atoms with Crippen LogP contribution in [0.15, 0.2) is 35.4 Å². The van der Waals surface area contributed by atoms with Crippen molar-refractivity contribution in [3.63, 3.8) is 0 Å². The van der Waals surface area contributed by atoms with Gasteiger partial charge in [0.2, 0.25) is 10.0 Å². The topological polar surface area (TPSA) is 75.6 Å². The predicted molar refractivity (Wildman–Crippen MR) is 101 cm³/mol. The van der Waals surface area contributed by atoms with Crippen LogP contribution in [0.5, 0.6) is 5.75 Å². The smallest absolute Gasteiger partial charge is 0.243 e. The lowest BCUT2D eigenvalue weighted by molar-refractivity contribution is 0.306. The first-order valence-electron chi connectivity index (χ1n) is 9.18. The van der Waals surface area contributed by atoms with Gasteiger partial charge in [-0.2, -0.15) is 4.31 Å². The van der Waals surface area contributed by atoms with Gasteiger partial charge >= 0.3 is 0 Å². The molecule has 0 radical (unpaired) electrons. The highest BCUT2D eigenvalue weighted by Crippen LogP contribution is 2.35. The molecule has 27 heavy (non-hydrogen) atoms. The predicted octanol–water partition coefficient (Wildman–Crippen LogP) is 2.00. The molecule has 3 heterocycles. The summed E-state index contributed by atoms with van der Waals surface area (Å²) in [7, 11) is 0.0396. The number of fused-ring (bicyclic) bond motifs is 1. The summed E-state index contributed by atoms with van der Waals surface area (Å²) in [6.45, 7) is 2.29. The number of hydrogen-bond donors (Lipinski definition) is 0. The van der Waals surface area contributed by atoms with Crippen LogP contribution >= 0.6 is 0 Å². The molecule has 1 aromatic carbocycles. The van der Waals surface area contributed by atoms with Crippen molar-refractivity contribution in [2.24, 2.45) is 0 Å². The van der Waals surface area contributed by atoms with Gasteiger partial charge in [0.1, 0.15) is 11.6 Å². The van der Waals surface area contributed by atoms with Gasteiger partial charge in [0.05, 0.1) is 18.0 Å². The summed E-state index contributed by atoms with van der Waals surface area (Å²) in [6.07, 6.45) is 4.29. The number of rotatable bonds is 4. The van der Waals surface area contributed by atoms with Crippen molar-refractivity contribution in [3.05, 3.63) is 47.5 Å². The Bertz CT molecular complexity index is 930. The molecular formula is C19H24N4O3S. The van der Waals surface area contributed by atoms with Crippen LogP contribution in [-0.2, 0) is 23.0 Å². The number of sulfonamides is 1. The highest BCUT2D eigenvalue weighted by Gasteiger charge is 2.38. The summed E-state index contributed by atoms with van der Waals surface area (Å²) < 4.78 is 33.0. The van der Waals surface area contributed by atoms with Crippen LogP contribution in [0.4, 0.5) is 0 Å². The van der Waals surface area contributed by atoms with E-state index >= 15 is 0 Å². The molecule has 8 heteroatoms. The third-order valence-corrected chi connectivity index (χ3v) is 7.23. The van der Waals surface area contributed by atoms with Gasteiger partial charge in [0.25, 0.3) is 0 Å². The Morgan fingerprint density at radius 3 is 2.70 bits per heavy atom. The van der Waals surface area contributed by atoms with Crippen LogP contribution in [0.1, 0.15) is 36.0 Å². The lowest BCUT2D eigenvalue weighted by Crippen LogP contribution is -2.33.